The van der Waals surface area contributed by atoms with Crippen molar-refractivity contribution in [2.24, 2.45) is 0 Å². The van der Waals surface area contributed by atoms with Crippen molar-refractivity contribution < 1.29 is 14.3 Å². The Morgan fingerprint density at radius 3 is 2.50 bits per heavy atom. The average molecular weight is 380 g/mol. The van der Waals surface area contributed by atoms with E-state index in [1.54, 1.807) is 4.90 Å². The number of fused-ring (bicyclic) bond motifs is 1. The number of aryl methyl sites for hydroxylation is 1. The summed E-state index contributed by atoms with van der Waals surface area (Å²) >= 11 is 0. The van der Waals surface area contributed by atoms with Crippen molar-refractivity contribution in [1.82, 2.24) is 0 Å². The molecular formula is C23H28N2O3. The molecule has 2 amide bonds. The maximum Gasteiger partial charge on any atom is 0.228 e. The third-order valence-corrected chi connectivity index (χ3v) is 4.86. The van der Waals surface area contributed by atoms with Crippen molar-refractivity contribution in [1.29, 1.82) is 0 Å². The highest BCUT2D eigenvalue weighted by molar-refractivity contribution is 5.97. The number of anilines is 2. The number of ether oxygens (including phenoxy) is 1. The molecule has 1 aliphatic heterocycles. The molecule has 2 aromatic carbocycles. The Morgan fingerprint density at radius 2 is 1.82 bits per heavy atom. The molecule has 0 aromatic heterocycles. The first-order valence-corrected chi connectivity index (χ1v) is 9.89. The van der Waals surface area contributed by atoms with E-state index in [1.165, 1.54) is 12.5 Å². The van der Waals surface area contributed by atoms with E-state index >= 15 is 0 Å². The number of para-hydroxylation sites is 1. The normalized spacial score (nSPS) is 13.2. The van der Waals surface area contributed by atoms with Gasteiger partial charge in [0.1, 0.15) is 5.75 Å². The summed E-state index contributed by atoms with van der Waals surface area (Å²) in [4.78, 5) is 28.5. The zero-order valence-corrected chi connectivity index (χ0v) is 16.9. The number of hydrogen-bond acceptors (Lipinski definition) is 3. The number of rotatable bonds is 6. The smallest absolute Gasteiger partial charge is 0.228 e. The minimum absolute atomic E-state index is 0.0539. The number of carbonyl (C=O) groups is 2. The molecule has 0 bridgehead atoms. The third-order valence-electron chi connectivity index (χ3n) is 4.86. The van der Waals surface area contributed by atoms with Gasteiger partial charge in [0.25, 0.3) is 0 Å². The first kappa shape index (κ1) is 19.9. The van der Waals surface area contributed by atoms with E-state index < -0.39 is 0 Å². The van der Waals surface area contributed by atoms with Gasteiger partial charge in [-0.25, -0.2) is 0 Å². The molecule has 0 unspecified atom stereocenters. The summed E-state index contributed by atoms with van der Waals surface area (Å²) in [5, 5.41) is 0. The maximum atomic E-state index is 12.9. The number of amides is 2. The second kappa shape index (κ2) is 8.91. The molecule has 0 fully saturated rings. The summed E-state index contributed by atoms with van der Waals surface area (Å²) in [5.74, 6) is 0.741. The van der Waals surface area contributed by atoms with Crippen molar-refractivity contribution in [3.8, 4) is 5.75 Å². The molecule has 0 atom stereocenters. The highest BCUT2D eigenvalue weighted by Crippen LogP contribution is 2.27. The standard InChI is InChI=1S/C23H28N2O3/c1-17(2)28-21-12-10-20(11-13-21)24(18(3)26)16-14-23(27)25-15-6-8-19-7-4-5-9-22(19)25/h4-5,7,9-13,17H,6,8,14-16H2,1-3H3. The van der Waals surface area contributed by atoms with Gasteiger partial charge in [0, 0.05) is 37.8 Å². The van der Waals surface area contributed by atoms with E-state index in [4.69, 9.17) is 4.74 Å². The lowest BCUT2D eigenvalue weighted by atomic mass is 10.0. The van der Waals surface area contributed by atoms with Crippen molar-refractivity contribution in [2.45, 2.75) is 46.1 Å². The van der Waals surface area contributed by atoms with Gasteiger partial charge in [-0.2, -0.15) is 0 Å². The van der Waals surface area contributed by atoms with Crippen LogP contribution in [0.2, 0.25) is 0 Å². The van der Waals surface area contributed by atoms with Crippen molar-refractivity contribution >= 4 is 23.2 Å². The highest BCUT2D eigenvalue weighted by Gasteiger charge is 2.23. The topological polar surface area (TPSA) is 49.9 Å². The zero-order chi connectivity index (χ0) is 20.1. The molecule has 0 spiro atoms. The van der Waals surface area contributed by atoms with Crippen LogP contribution in [0.25, 0.3) is 0 Å². The zero-order valence-electron chi connectivity index (χ0n) is 16.9. The highest BCUT2D eigenvalue weighted by atomic mass is 16.5. The Hall–Kier alpha value is -2.82. The lowest BCUT2D eigenvalue weighted by molar-refractivity contribution is -0.118. The fraction of sp³-hybridized carbons (Fsp3) is 0.391. The lowest BCUT2D eigenvalue weighted by Crippen LogP contribution is -2.38. The molecule has 0 aliphatic carbocycles. The van der Waals surface area contributed by atoms with Gasteiger partial charge in [-0.15, -0.1) is 0 Å². The first-order chi connectivity index (χ1) is 13.5. The summed E-state index contributed by atoms with van der Waals surface area (Å²) in [5.41, 5.74) is 2.99. The molecule has 148 valence electrons. The SMILES string of the molecule is CC(=O)N(CCC(=O)N1CCCc2ccccc21)c1ccc(OC(C)C)cc1. The minimum Gasteiger partial charge on any atom is -0.491 e. The van der Waals surface area contributed by atoms with E-state index in [0.717, 1.165) is 36.5 Å². The predicted octanol–water partition coefficient (Wildman–Crippen LogP) is 4.20. The largest absolute Gasteiger partial charge is 0.491 e. The Kier molecular flexibility index (Phi) is 6.34. The molecule has 5 nitrogen and oxygen atoms in total. The molecule has 2 aromatic rings. The summed E-state index contributed by atoms with van der Waals surface area (Å²) < 4.78 is 5.66. The van der Waals surface area contributed by atoms with E-state index in [2.05, 4.69) is 6.07 Å². The fourth-order valence-corrected chi connectivity index (χ4v) is 3.58. The van der Waals surface area contributed by atoms with Gasteiger partial charge in [-0.1, -0.05) is 18.2 Å². The van der Waals surface area contributed by atoms with Crippen LogP contribution in [0.1, 0.15) is 39.2 Å². The molecule has 28 heavy (non-hydrogen) atoms. The molecule has 3 rings (SSSR count). The van der Waals surface area contributed by atoms with Gasteiger partial charge < -0.3 is 14.5 Å². The molecule has 0 N–H and O–H groups in total. The Balaban J connectivity index is 1.67. The Labute approximate surface area is 166 Å². The van der Waals surface area contributed by atoms with E-state index in [1.807, 2.05) is 61.2 Å². The van der Waals surface area contributed by atoms with Crippen LogP contribution < -0.4 is 14.5 Å². The number of hydrogen-bond donors (Lipinski definition) is 0. The Morgan fingerprint density at radius 1 is 1.11 bits per heavy atom. The summed E-state index contributed by atoms with van der Waals surface area (Å²) in [6.07, 6.45) is 2.36. The van der Waals surface area contributed by atoms with Crippen LogP contribution in [0.3, 0.4) is 0 Å². The summed E-state index contributed by atoms with van der Waals surface area (Å²) in [6, 6.07) is 15.5. The van der Waals surface area contributed by atoms with Crippen LogP contribution in [0.5, 0.6) is 5.75 Å². The van der Waals surface area contributed by atoms with Crippen LogP contribution in [0.4, 0.5) is 11.4 Å². The molecule has 0 saturated heterocycles. The molecule has 0 saturated carbocycles. The van der Waals surface area contributed by atoms with Gasteiger partial charge in [0.2, 0.25) is 11.8 Å². The summed E-state index contributed by atoms with van der Waals surface area (Å²) in [7, 11) is 0. The predicted molar refractivity (Wildman–Crippen MR) is 112 cm³/mol. The fourth-order valence-electron chi connectivity index (χ4n) is 3.58. The summed E-state index contributed by atoms with van der Waals surface area (Å²) in [6.45, 7) is 6.56. The van der Waals surface area contributed by atoms with E-state index in [-0.39, 0.29) is 24.3 Å². The molecule has 5 heteroatoms. The van der Waals surface area contributed by atoms with Crippen molar-refractivity contribution in [3.63, 3.8) is 0 Å². The molecular weight excluding hydrogens is 352 g/mol. The quantitative estimate of drug-likeness (QED) is 0.755. The van der Waals surface area contributed by atoms with Gasteiger partial charge in [0.15, 0.2) is 0 Å². The monoisotopic (exact) mass is 380 g/mol. The van der Waals surface area contributed by atoms with Gasteiger partial charge in [-0.3, -0.25) is 9.59 Å². The van der Waals surface area contributed by atoms with Crippen molar-refractivity contribution in [3.05, 3.63) is 54.1 Å². The third kappa shape index (κ3) is 4.71. The maximum absolute atomic E-state index is 12.9. The first-order valence-electron chi connectivity index (χ1n) is 9.89. The minimum atomic E-state index is -0.0793. The van der Waals surface area contributed by atoms with Gasteiger partial charge in [-0.05, 0) is 62.6 Å². The van der Waals surface area contributed by atoms with Crippen LogP contribution in [-0.4, -0.2) is 31.0 Å². The van der Waals surface area contributed by atoms with Crippen molar-refractivity contribution in [2.75, 3.05) is 22.9 Å². The number of benzene rings is 2. The van der Waals surface area contributed by atoms with Crippen LogP contribution in [-0.2, 0) is 16.0 Å². The number of nitrogens with zero attached hydrogens (tertiary/aromatic N) is 2. The average Bonchev–Trinajstić information content (AvgIpc) is 2.68. The molecule has 1 aliphatic rings. The van der Waals surface area contributed by atoms with Crippen LogP contribution >= 0.6 is 0 Å². The van der Waals surface area contributed by atoms with E-state index in [9.17, 15) is 9.59 Å². The van der Waals surface area contributed by atoms with Crippen LogP contribution in [0.15, 0.2) is 48.5 Å². The molecule has 1 heterocycles. The molecule has 0 radical (unpaired) electrons. The van der Waals surface area contributed by atoms with Crippen LogP contribution in [0, 0.1) is 0 Å². The second-order valence-electron chi connectivity index (χ2n) is 7.36. The van der Waals surface area contributed by atoms with E-state index in [0.29, 0.717) is 6.54 Å². The Bertz CT molecular complexity index is 830. The lowest BCUT2D eigenvalue weighted by Gasteiger charge is -2.30. The van der Waals surface area contributed by atoms with Gasteiger partial charge >= 0.3 is 0 Å². The number of carbonyl (C=O) groups excluding carboxylic acids is 2. The second-order valence-corrected chi connectivity index (χ2v) is 7.36. The van der Waals surface area contributed by atoms with Gasteiger partial charge in [0.05, 0.1) is 6.10 Å².